The van der Waals surface area contributed by atoms with E-state index >= 15 is 0 Å². The standard InChI is InChI=1S/C10H12BNO5/c1-7-6-12-10(15-7)11(2)16-8(13)4-3-5-9(14)17-11/h6H,2-5H2,1H3. The van der Waals surface area contributed by atoms with Gasteiger partial charge in [0.1, 0.15) is 5.76 Å². The van der Waals surface area contributed by atoms with Crippen molar-refractivity contribution in [2.75, 3.05) is 0 Å². The largest absolute Gasteiger partial charge is 0.634 e. The number of hydrogen-bond acceptors (Lipinski definition) is 6. The van der Waals surface area contributed by atoms with Crippen LogP contribution in [0.3, 0.4) is 0 Å². The molecule has 1 saturated heterocycles. The maximum atomic E-state index is 11.4. The third-order valence-electron chi connectivity index (χ3n) is 2.42. The average molecular weight is 237 g/mol. The van der Waals surface area contributed by atoms with Crippen molar-refractivity contribution >= 4 is 24.3 Å². The van der Waals surface area contributed by atoms with Crippen molar-refractivity contribution in [2.45, 2.75) is 26.2 Å². The Bertz CT molecular complexity index is 437. The summed E-state index contributed by atoms with van der Waals surface area (Å²) in [7, 11) is 0. The number of rotatable bonds is 1. The molecule has 2 rings (SSSR count). The molecule has 1 aromatic heterocycles. The van der Waals surface area contributed by atoms with Crippen LogP contribution < -0.4 is 5.79 Å². The van der Waals surface area contributed by atoms with Crippen LogP contribution in [0.2, 0.25) is 0 Å². The summed E-state index contributed by atoms with van der Waals surface area (Å²) in [6.45, 7) is 2.78. The molecule has 0 radical (unpaired) electrons. The fourth-order valence-corrected chi connectivity index (χ4v) is 1.62. The number of aryl methyl sites for hydroxylation is 1. The van der Waals surface area contributed by atoms with Crippen LogP contribution in [0.5, 0.6) is 0 Å². The van der Waals surface area contributed by atoms with Crippen LogP contribution in [0, 0.1) is 13.7 Å². The van der Waals surface area contributed by atoms with Gasteiger partial charge in [-0.15, -0.1) is 0 Å². The summed E-state index contributed by atoms with van der Waals surface area (Å²) >= 11 is 0. The summed E-state index contributed by atoms with van der Waals surface area (Å²) in [6.07, 6.45) is 2.18. The molecule has 7 heteroatoms. The first-order valence-electron chi connectivity index (χ1n) is 5.37. The number of aromatic nitrogens is 1. The molecule has 17 heavy (non-hydrogen) atoms. The van der Waals surface area contributed by atoms with Gasteiger partial charge in [-0.05, 0) is 20.2 Å². The van der Waals surface area contributed by atoms with Crippen LogP contribution in [0.15, 0.2) is 10.6 Å². The van der Waals surface area contributed by atoms with Gasteiger partial charge in [-0.2, -0.15) is 0 Å². The van der Waals surface area contributed by atoms with Gasteiger partial charge < -0.3 is 13.7 Å². The molecule has 0 atom stereocenters. The number of carbonyl (C=O) groups excluding carboxylic acids is 2. The number of hydrogen-bond donors (Lipinski definition) is 0. The lowest BCUT2D eigenvalue weighted by Gasteiger charge is -2.29. The summed E-state index contributed by atoms with van der Waals surface area (Å²) in [6, 6.07) is 0. The Morgan fingerprint density at radius 2 is 1.88 bits per heavy atom. The third kappa shape index (κ3) is 2.43. The molecule has 0 aliphatic carbocycles. The van der Waals surface area contributed by atoms with E-state index in [2.05, 4.69) is 11.8 Å². The summed E-state index contributed by atoms with van der Waals surface area (Å²) in [5.74, 6) is -0.392. The fraction of sp³-hybridized carbons (Fsp3) is 0.400. The minimum Gasteiger partial charge on any atom is -0.610 e. The second-order valence-corrected chi connectivity index (χ2v) is 4.01. The van der Waals surface area contributed by atoms with Gasteiger partial charge in [0.2, 0.25) is 0 Å². The van der Waals surface area contributed by atoms with Crippen molar-refractivity contribution in [2.24, 2.45) is 0 Å². The quantitative estimate of drug-likeness (QED) is 0.515. The molecular formula is C10H12BNO5. The molecule has 0 spiro atoms. The third-order valence-corrected chi connectivity index (χ3v) is 2.42. The van der Waals surface area contributed by atoms with Gasteiger partial charge in [0.15, 0.2) is 5.79 Å². The Morgan fingerprint density at radius 1 is 1.29 bits per heavy atom. The van der Waals surface area contributed by atoms with Crippen LogP contribution in [0.1, 0.15) is 25.0 Å². The highest BCUT2D eigenvalue weighted by Gasteiger charge is 2.47. The Balaban J connectivity index is 2.30. The lowest BCUT2D eigenvalue weighted by atomic mass is 9.59. The summed E-state index contributed by atoms with van der Waals surface area (Å²) in [5, 5.41) is 0. The Hall–Kier alpha value is -1.92. The van der Waals surface area contributed by atoms with E-state index in [0.717, 1.165) is 0 Å². The number of oxazole rings is 1. The van der Waals surface area contributed by atoms with Gasteiger partial charge in [0, 0.05) is 12.8 Å². The van der Waals surface area contributed by atoms with Crippen molar-refractivity contribution < 1.29 is 23.3 Å². The minimum absolute atomic E-state index is 0.0195. The van der Waals surface area contributed by atoms with Gasteiger partial charge in [0.25, 0.3) is 11.9 Å². The first-order valence-corrected chi connectivity index (χ1v) is 5.37. The molecule has 90 valence electrons. The van der Waals surface area contributed by atoms with Gasteiger partial charge in [0.05, 0.1) is 6.20 Å². The normalized spacial score (nSPS) is 20.1. The Labute approximate surface area is 98.3 Å². The summed E-state index contributed by atoms with van der Waals surface area (Å²) < 4.78 is 15.3. The highest BCUT2D eigenvalue weighted by Crippen LogP contribution is 2.15. The van der Waals surface area contributed by atoms with Crippen LogP contribution in [0.4, 0.5) is 0 Å². The molecule has 0 aromatic carbocycles. The summed E-state index contributed by atoms with van der Waals surface area (Å²) in [4.78, 5) is 26.8. The summed E-state index contributed by atoms with van der Waals surface area (Å²) in [5.41, 5.74) is 0. The predicted octanol–water partition coefficient (Wildman–Crippen LogP) is 0.276. The van der Waals surface area contributed by atoms with Crippen molar-refractivity contribution in [3.8, 4) is 0 Å². The molecule has 0 saturated carbocycles. The lowest BCUT2D eigenvalue weighted by Crippen LogP contribution is -2.55. The van der Waals surface area contributed by atoms with E-state index in [4.69, 9.17) is 13.7 Å². The smallest absolute Gasteiger partial charge is 0.610 e. The van der Waals surface area contributed by atoms with Crippen molar-refractivity contribution in [3.05, 3.63) is 18.8 Å². The molecule has 1 aliphatic heterocycles. The second kappa shape index (κ2) is 4.16. The maximum absolute atomic E-state index is 11.4. The highest BCUT2D eigenvalue weighted by molar-refractivity contribution is 6.83. The zero-order valence-corrected chi connectivity index (χ0v) is 9.47. The molecule has 1 fully saturated rings. The Morgan fingerprint density at radius 3 is 2.35 bits per heavy atom. The molecule has 0 amide bonds. The van der Waals surface area contributed by atoms with Gasteiger partial charge >= 0.3 is 6.55 Å². The van der Waals surface area contributed by atoms with E-state index in [1.807, 2.05) is 0 Å². The van der Waals surface area contributed by atoms with Crippen LogP contribution >= 0.6 is 0 Å². The first-order chi connectivity index (χ1) is 7.99. The molecule has 1 aliphatic rings. The second-order valence-electron chi connectivity index (χ2n) is 4.01. The van der Waals surface area contributed by atoms with Gasteiger partial charge in [-0.25, -0.2) is 4.98 Å². The van der Waals surface area contributed by atoms with E-state index in [1.54, 1.807) is 6.92 Å². The molecule has 6 nitrogen and oxygen atoms in total. The number of nitrogens with zero attached hydrogens (tertiary/aromatic N) is 1. The zero-order chi connectivity index (χ0) is 12.5. The highest BCUT2D eigenvalue weighted by atomic mass is 16.7. The van der Waals surface area contributed by atoms with E-state index in [0.29, 0.717) is 12.2 Å². The minimum atomic E-state index is -2.54. The Kier molecular flexibility index (Phi) is 2.83. The van der Waals surface area contributed by atoms with E-state index in [-0.39, 0.29) is 18.6 Å². The number of carbonyl (C=O) groups is 2. The van der Waals surface area contributed by atoms with Crippen LogP contribution in [-0.2, 0) is 18.9 Å². The molecule has 0 unspecified atom stereocenters. The van der Waals surface area contributed by atoms with Crippen molar-refractivity contribution in [1.29, 1.82) is 0 Å². The van der Waals surface area contributed by atoms with E-state index in [1.165, 1.54) is 6.20 Å². The SMILES string of the molecule is [CH2+][B-]1(c2ncc(C)o2)OC(=O)CCCC(=O)O1. The van der Waals surface area contributed by atoms with Gasteiger partial charge in [-0.1, -0.05) is 0 Å². The average Bonchev–Trinajstić information content (AvgIpc) is 2.63. The van der Waals surface area contributed by atoms with Crippen LogP contribution in [0.25, 0.3) is 0 Å². The molecular weight excluding hydrogens is 225 g/mol. The maximum Gasteiger partial charge on any atom is 0.634 e. The molecule has 0 bridgehead atoms. The zero-order valence-electron chi connectivity index (χ0n) is 9.47. The molecule has 2 heterocycles. The van der Waals surface area contributed by atoms with Crippen molar-refractivity contribution in [1.82, 2.24) is 4.98 Å². The molecule has 1 aromatic rings. The molecule has 0 N–H and O–H groups in total. The topological polar surface area (TPSA) is 78.6 Å². The predicted molar refractivity (Wildman–Crippen MR) is 58.0 cm³/mol. The monoisotopic (exact) mass is 237 g/mol. The lowest BCUT2D eigenvalue weighted by molar-refractivity contribution is -0.143. The van der Waals surface area contributed by atoms with E-state index in [9.17, 15) is 9.59 Å². The van der Waals surface area contributed by atoms with Crippen LogP contribution in [-0.4, -0.2) is 23.5 Å². The fourth-order valence-electron chi connectivity index (χ4n) is 1.62. The van der Waals surface area contributed by atoms with Gasteiger partial charge in [-0.3, -0.25) is 9.59 Å². The van der Waals surface area contributed by atoms with Crippen molar-refractivity contribution in [3.63, 3.8) is 0 Å². The van der Waals surface area contributed by atoms with E-state index < -0.39 is 18.5 Å². The first kappa shape index (κ1) is 11.6.